The number of benzene rings is 1. The van der Waals surface area contributed by atoms with E-state index in [9.17, 15) is 9.59 Å². The van der Waals surface area contributed by atoms with Gasteiger partial charge >= 0.3 is 0 Å². The van der Waals surface area contributed by atoms with Crippen molar-refractivity contribution in [2.45, 2.75) is 19.3 Å². The second-order valence-corrected chi connectivity index (χ2v) is 5.48. The summed E-state index contributed by atoms with van der Waals surface area (Å²) in [5.74, 6) is -0.137. The third-order valence-electron chi connectivity index (χ3n) is 3.13. The zero-order valence-corrected chi connectivity index (χ0v) is 12.3. The SMILES string of the molecule is Nc1cc(Cl)cc(Cl)c1NC(=O)CCN1CCCC1=O. The average molecular weight is 316 g/mol. The minimum absolute atomic E-state index is 0.0989. The number of nitrogens with two attached hydrogens (primary N) is 1. The van der Waals surface area contributed by atoms with Gasteiger partial charge in [0, 0.05) is 31.0 Å². The summed E-state index contributed by atoms with van der Waals surface area (Å²) >= 11 is 11.8. The van der Waals surface area contributed by atoms with Gasteiger partial charge in [-0.15, -0.1) is 0 Å². The lowest BCUT2D eigenvalue weighted by molar-refractivity contribution is -0.128. The third-order valence-corrected chi connectivity index (χ3v) is 3.65. The highest BCUT2D eigenvalue weighted by Gasteiger charge is 2.20. The summed E-state index contributed by atoms with van der Waals surface area (Å²) in [6.45, 7) is 1.13. The van der Waals surface area contributed by atoms with Crippen LogP contribution in [0.4, 0.5) is 11.4 Å². The van der Waals surface area contributed by atoms with Crippen LogP contribution in [0, 0.1) is 0 Å². The van der Waals surface area contributed by atoms with E-state index in [1.807, 2.05) is 0 Å². The van der Waals surface area contributed by atoms with E-state index >= 15 is 0 Å². The van der Waals surface area contributed by atoms with Crippen LogP contribution in [0.2, 0.25) is 10.0 Å². The summed E-state index contributed by atoms with van der Waals surface area (Å²) in [7, 11) is 0. The number of nitrogens with zero attached hydrogens (tertiary/aromatic N) is 1. The number of likely N-dealkylation sites (tertiary alicyclic amines) is 1. The number of halogens is 2. The lowest BCUT2D eigenvalue weighted by Gasteiger charge is -2.15. The molecule has 1 aliphatic rings. The lowest BCUT2D eigenvalue weighted by Crippen LogP contribution is -2.28. The summed E-state index contributed by atoms with van der Waals surface area (Å²) in [4.78, 5) is 25.0. The quantitative estimate of drug-likeness (QED) is 0.838. The Bertz CT molecular complexity index is 525. The van der Waals surface area contributed by atoms with Crippen LogP contribution < -0.4 is 11.1 Å². The molecular weight excluding hydrogens is 301 g/mol. The summed E-state index contributed by atoms with van der Waals surface area (Å²) in [5, 5.41) is 3.35. The van der Waals surface area contributed by atoms with E-state index in [0.29, 0.717) is 34.4 Å². The number of rotatable bonds is 4. The minimum atomic E-state index is -0.236. The molecule has 108 valence electrons. The molecule has 2 amide bonds. The number of hydrogen-bond donors (Lipinski definition) is 2. The van der Waals surface area contributed by atoms with E-state index in [4.69, 9.17) is 28.9 Å². The first kappa shape index (κ1) is 14.9. The highest BCUT2D eigenvalue weighted by molar-refractivity contribution is 6.37. The van der Waals surface area contributed by atoms with Crippen LogP contribution in [0.5, 0.6) is 0 Å². The Kier molecular flexibility index (Phi) is 4.73. The molecule has 0 radical (unpaired) electrons. The Morgan fingerprint density at radius 3 is 2.75 bits per heavy atom. The molecule has 0 aliphatic carbocycles. The second-order valence-electron chi connectivity index (χ2n) is 4.63. The number of anilines is 2. The molecule has 0 unspecified atom stereocenters. The molecule has 1 saturated heterocycles. The maximum Gasteiger partial charge on any atom is 0.226 e. The highest BCUT2D eigenvalue weighted by atomic mass is 35.5. The number of amides is 2. The maximum absolute atomic E-state index is 11.9. The van der Waals surface area contributed by atoms with Gasteiger partial charge in [-0.05, 0) is 18.6 Å². The number of nitrogens with one attached hydrogen (secondary N) is 1. The molecule has 0 spiro atoms. The van der Waals surface area contributed by atoms with Crippen molar-refractivity contribution in [2.75, 3.05) is 24.1 Å². The zero-order chi connectivity index (χ0) is 14.7. The number of carbonyl (C=O) groups excluding carboxylic acids is 2. The Morgan fingerprint density at radius 1 is 1.40 bits per heavy atom. The standard InChI is InChI=1S/C13H15Cl2N3O2/c14-8-6-9(15)13(10(16)7-8)17-11(19)3-5-18-4-1-2-12(18)20/h6-7H,1-5,16H2,(H,17,19). The smallest absolute Gasteiger partial charge is 0.226 e. The monoisotopic (exact) mass is 315 g/mol. The summed E-state index contributed by atoms with van der Waals surface area (Å²) in [5.41, 5.74) is 6.43. The topological polar surface area (TPSA) is 75.4 Å². The van der Waals surface area contributed by atoms with Crippen molar-refractivity contribution < 1.29 is 9.59 Å². The molecule has 2 rings (SSSR count). The molecule has 0 atom stereocenters. The fraction of sp³-hybridized carbons (Fsp3) is 0.385. The third kappa shape index (κ3) is 3.55. The van der Waals surface area contributed by atoms with E-state index in [-0.39, 0.29) is 18.2 Å². The zero-order valence-electron chi connectivity index (χ0n) is 10.8. The van der Waals surface area contributed by atoms with Crippen LogP contribution in [0.1, 0.15) is 19.3 Å². The van der Waals surface area contributed by atoms with Crippen molar-refractivity contribution in [2.24, 2.45) is 0 Å². The Hall–Kier alpha value is -1.46. The first-order valence-corrected chi connectivity index (χ1v) is 7.05. The van der Waals surface area contributed by atoms with Gasteiger partial charge in [-0.1, -0.05) is 23.2 Å². The van der Waals surface area contributed by atoms with E-state index in [1.165, 1.54) is 12.1 Å². The van der Waals surface area contributed by atoms with Crippen molar-refractivity contribution >= 4 is 46.4 Å². The molecule has 0 bridgehead atoms. The molecule has 1 aromatic rings. The van der Waals surface area contributed by atoms with E-state index in [2.05, 4.69) is 5.32 Å². The van der Waals surface area contributed by atoms with Gasteiger partial charge in [0.25, 0.3) is 0 Å². The molecule has 1 aliphatic heterocycles. The highest BCUT2D eigenvalue weighted by Crippen LogP contribution is 2.32. The molecule has 3 N–H and O–H groups in total. The van der Waals surface area contributed by atoms with Crippen LogP contribution in [-0.4, -0.2) is 29.8 Å². The fourth-order valence-corrected chi connectivity index (χ4v) is 2.66. The van der Waals surface area contributed by atoms with Crippen LogP contribution in [0.15, 0.2) is 12.1 Å². The summed E-state index contributed by atoms with van der Waals surface area (Å²) in [6.07, 6.45) is 1.64. The van der Waals surface area contributed by atoms with E-state index in [1.54, 1.807) is 4.90 Å². The molecule has 7 heteroatoms. The van der Waals surface area contributed by atoms with Crippen LogP contribution in [-0.2, 0) is 9.59 Å². The van der Waals surface area contributed by atoms with Crippen LogP contribution in [0.25, 0.3) is 0 Å². The van der Waals surface area contributed by atoms with Gasteiger partial charge in [0.2, 0.25) is 11.8 Å². The first-order valence-electron chi connectivity index (χ1n) is 6.29. The Balaban J connectivity index is 1.93. The summed E-state index contributed by atoms with van der Waals surface area (Å²) in [6, 6.07) is 3.03. The largest absolute Gasteiger partial charge is 0.397 e. The van der Waals surface area contributed by atoms with Gasteiger partial charge in [0.05, 0.1) is 16.4 Å². The number of carbonyl (C=O) groups is 2. The Labute approximate surface area is 127 Å². The van der Waals surface area contributed by atoms with Crippen molar-refractivity contribution in [1.82, 2.24) is 4.90 Å². The molecule has 5 nitrogen and oxygen atoms in total. The van der Waals surface area contributed by atoms with E-state index < -0.39 is 0 Å². The molecular formula is C13H15Cl2N3O2. The number of nitrogen functional groups attached to an aromatic ring is 1. The Morgan fingerprint density at radius 2 is 2.15 bits per heavy atom. The minimum Gasteiger partial charge on any atom is -0.397 e. The van der Waals surface area contributed by atoms with Crippen molar-refractivity contribution in [1.29, 1.82) is 0 Å². The van der Waals surface area contributed by atoms with E-state index in [0.717, 1.165) is 13.0 Å². The molecule has 1 fully saturated rings. The normalized spacial score (nSPS) is 14.7. The lowest BCUT2D eigenvalue weighted by atomic mass is 10.2. The first-order chi connectivity index (χ1) is 9.47. The van der Waals surface area contributed by atoms with Crippen molar-refractivity contribution in [3.05, 3.63) is 22.2 Å². The maximum atomic E-state index is 11.9. The summed E-state index contributed by atoms with van der Waals surface area (Å²) < 4.78 is 0. The van der Waals surface area contributed by atoms with Gasteiger partial charge in [-0.3, -0.25) is 9.59 Å². The predicted octanol–water partition coefficient (Wildman–Crippen LogP) is 2.53. The molecule has 1 heterocycles. The van der Waals surface area contributed by atoms with Crippen molar-refractivity contribution in [3.63, 3.8) is 0 Å². The molecule has 1 aromatic carbocycles. The van der Waals surface area contributed by atoms with Gasteiger partial charge < -0.3 is 16.0 Å². The second kappa shape index (κ2) is 6.33. The average Bonchev–Trinajstić information content (AvgIpc) is 2.77. The molecule has 0 saturated carbocycles. The van der Waals surface area contributed by atoms with Crippen molar-refractivity contribution in [3.8, 4) is 0 Å². The predicted molar refractivity (Wildman–Crippen MR) is 79.9 cm³/mol. The fourth-order valence-electron chi connectivity index (χ4n) is 2.10. The molecule has 20 heavy (non-hydrogen) atoms. The van der Waals surface area contributed by atoms with Gasteiger partial charge in [0.1, 0.15) is 0 Å². The van der Waals surface area contributed by atoms with Gasteiger partial charge in [0.15, 0.2) is 0 Å². The van der Waals surface area contributed by atoms with Gasteiger partial charge in [-0.25, -0.2) is 0 Å². The van der Waals surface area contributed by atoms with Gasteiger partial charge in [-0.2, -0.15) is 0 Å². The van der Waals surface area contributed by atoms with Crippen LogP contribution in [0.3, 0.4) is 0 Å². The number of hydrogen-bond acceptors (Lipinski definition) is 3. The molecule has 0 aromatic heterocycles. The van der Waals surface area contributed by atoms with Crippen LogP contribution >= 0.6 is 23.2 Å².